The molecule has 1 unspecified atom stereocenters. The molecule has 0 bridgehead atoms. The molecule has 1 saturated carbocycles. The third kappa shape index (κ3) is 4.02. The first-order valence-corrected chi connectivity index (χ1v) is 7.02. The fraction of sp³-hybridized carbons (Fsp3) is 0.533. The summed E-state index contributed by atoms with van der Waals surface area (Å²) in [6.07, 6.45) is 2.62. The molecule has 2 rings (SSSR count). The summed E-state index contributed by atoms with van der Waals surface area (Å²) in [7, 11) is 0. The predicted octanol–water partition coefficient (Wildman–Crippen LogP) is 1.49. The highest BCUT2D eigenvalue weighted by Gasteiger charge is 2.24. The van der Waals surface area contributed by atoms with Crippen LogP contribution in [-0.4, -0.2) is 23.6 Å². The Bertz CT molecular complexity index is 459. The van der Waals surface area contributed by atoms with Crippen molar-refractivity contribution >= 4 is 5.91 Å². The minimum atomic E-state index is -0.723. The Hall–Kier alpha value is -1.46. The van der Waals surface area contributed by atoms with Crippen LogP contribution in [0.3, 0.4) is 0 Å². The van der Waals surface area contributed by atoms with Crippen molar-refractivity contribution < 1.29 is 14.3 Å². The van der Waals surface area contributed by atoms with Gasteiger partial charge < -0.3 is 16.2 Å². The molecule has 0 heterocycles. The molecule has 5 heteroatoms. The van der Waals surface area contributed by atoms with Gasteiger partial charge >= 0.3 is 0 Å². The molecule has 1 atom stereocenters. The van der Waals surface area contributed by atoms with Gasteiger partial charge in [0.1, 0.15) is 5.82 Å². The fourth-order valence-electron chi connectivity index (χ4n) is 2.69. The second kappa shape index (κ2) is 6.81. The summed E-state index contributed by atoms with van der Waals surface area (Å²) in [6.45, 7) is 0.384. The zero-order chi connectivity index (χ0) is 14.5. The van der Waals surface area contributed by atoms with E-state index in [0.717, 1.165) is 25.7 Å². The van der Waals surface area contributed by atoms with E-state index in [2.05, 4.69) is 5.32 Å². The van der Waals surface area contributed by atoms with Crippen LogP contribution in [0.25, 0.3) is 0 Å². The van der Waals surface area contributed by atoms with Gasteiger partial charge in [-0.05, 0) is 43.4 Å². The molecule has 1 aliphatic rings. The number of nitrogens with two attached hydrogens (primary N) is 1. The third-order valence-corrected chi connectivity index (χ3v) is 3.96. The van der Waals surface area contributed by atoms with Gasteiger partial charge in [-0.15, -0.1) is 0 Å². The predicted molar refractivity (Wildman–Crippen MR) is 74.3 cm³/mol. The highest BCUT2D eigenvalue weighted by molar-refractivity contribution is 5.76. The molecule has 4 N–H and O–H groups in total. The molecule has 0 spiro atoms. The van der Waals surface area contributed by atoms with E-state index in [1.165, 1.54) is 12.1 Å². The topological polar surface area (TPSA) is 75.4 Å². The van der Waals surface area contributed by atoms with Gasteiger partial charge in [0.2, 0.25) is 5.91 Å². The van der Waals surface area contributed by atoms with Crippen LogP contribution in [0.2, 0.25) is 0 Å². The van der Waals surface area contributed by atoms with E-state index in [1.54, 1.807) is 12.1 Å². The van der Waals surface area contributed by atoms with Gasteiger partial charge in [-0.1, -0.05) is 12.1 Å². The molecule has 1 fully saturated rings. The first kappa shape index (κ1) is 14.9. The van der Waals surface area contributed by atoms with Crippen LogP contribution >= 0.6 is 0 Å². The number of primary amides is 1. The van der Waals surface area contributed by atoms with E-state index in [4.69, 9.17) is 5.73 Å². The SMILES string of the molecule is NC(=O)C1CCC(NCC(O)c2cccc(F)c2)CC1. The summed E-state index contributed by atoms with van der Waals surface area (Å²) in [6, 6.07) is 6.28. The molecule has 1 amide bonds. The van der Waals surface area contributed by atoms with Crippen molar-refractivity contribution in [3.63, 3.8) is 0 Å². The van der Waals surface area contributed by atoms with E-state index in [0.29, 0.717) is 12.1 Å². The number of amides is 1. The Balaban J connectivity index is 1.77. The maximum atomic E-state index is 13.1. The lowest BCUT2D eigenvalue weighted by Gasteiger charge is -2.28. The molecule has 0 radical (unpaired) electrons. The van der Waals surface area contributed by atoms with E-state index in [9.17, 15) is 14.3 Å². The smallest absolute Gasteiger partial charge is 0.220 e. The first-order chi connectivity index (χ1) is 9.56. The Morgan fingerprint density at radius 1 is 1.40 bits per heavy atom. The number of rotatable bonds is 5. The minimum Gasteiger partial charge on any atom is -0.387 e. The van der Waals surface area contributed by atoms with E-state index >= 15 is 0 Å². The second-order valence-electron chi connectivity index (χ2n) is 5.43. The second-order valence-corrected chi connectivity index (χ2v) is 5.43. The van der Waals surface area contributed by atoms with Crippen molar-refractivity contribution in [1.82, 2.24) is 5.32 Å². The number of hydrogen-bond acceptors (Lipinski definition) is 3. The lowest BCUT2D eigenvalue weighted by Crippen LogP contribution is -2.38. The summed E-state index contributed by atoms with van der Waals surface area (Å²) >= 11 is 0. The number of carbonyl (C=O) groups excluding carboxylic acids is 1. The monoisotopic (exact) mass is 280 g/mol. The van der Waals surface area contributed by atoms with E-state index in [1.807, 2.05) is 0 Å². The number of aliphatic hydroxyl groups is 1. The van der Waals surface area contributed by atoms with Gasteiger partial charge in [0.25, 0.3) is 0 Å². The van der Waals surface area contributed by atoms with Gasteiger partial charge in [0, 0.05) is 18.5 Å². The molecule has 1 aromatic rings. The molecule has 0 aromatic heterocycles. The van der Waals surface area contributed by atoms with Gasteiger partial charge in [0.05, 0.1) is 6.10 Å². The van der Waals surface area contributed by atoms with Gasteiger partial charge in [-0.3, -0.25) is 4.79 Å². The highest BCUT2D eigenvalue weighted by Crippen LogP contribution is 2.24. The van der Waals surface area contributed by atoms with Crippen molar-refractivity contribution in [2.75, 3.05) is 6.54 Å². The van der Waals surface area contributed by atoms with E-state index < -0.39 is 6.10 Å². The molecule has 20 heavy (non-hydrogen) atoms. The maximum Gasteiger partial charge on any atom is 0.220 e. The lowest BCUT2D eigenvalue weighted by molar-refractivity contribution is -0.122. The zero-order valence-electron chi connectivity index (χ0n) is 11.4. The first-order valence-electron chi connectivity index (χ1n) is 7.02. The van der Waals surface area contributed by atoms with Crippen molar-refractivity contribution in [3.05, 3.63) is 35.6 Å². The van der Waals surface area contributed by atoms with Crippen LogP contribution in [0.5, 0.6) is 0 Å². The van der Waals surface area contributed by atoms with Gasteiger partial charge in [-0.25, -0.2) is 4.39 Å². The number of halogens is 1. The van der Waals surface area contributed by atoms with Crippen LogP contribution < -0.4 is 11.1 Å². The van der Waals surface area contributed by atoms with Crippen LogP contribution in [0, 0.1) is 11.7 Å². The van der Waals surface area contributed by atoms with Crippen molar-refractivity contribution in [2.45, 2.75) is 37.8 Å². The molecule has 110 valence electrons. The normalized spacial score (nSPS) is 24.3. The van der Waals surface area contributed by atoms with Gasteiger partial charge in [0.15, 0.2) is 0 Å². The molecule has 4 nitrogen and oxygen atoms in total. The number of aliphatic hydroxyl groups excluding tert-OH is 1. The Morgan fingerprint density at radius 2 is 2.10 bits per heavy atom. The Labute approximate surface area is 118 Å². The van der Waals surface area contributed by atoms with Crippen molar-refractivity contribution in [1.29, 1.82) is 0 Å². The number of benzene rings is 1. The number of nitrogens with one attached hydrogen (secondary N) is 1. The Morgan fingerprint density at radius 3 is 2.70 bits per heavy atom. The summed E-state index contributed by atoms with van der Waals surface area (Å²) in [5.41, 5.74) is 5.86. The number of carbonyl (C=O) groups is 1. The zero-order valence-corrected chi connectivity index (χ0v) is 11.4. The maximum absolute atomic E-state index is 13.1. The fourth-order valence-corrected chi connectivity index (χ4v) is 2.69. The molecule has 0 aliphatic heterocycles. The number of hydrogen-bond donors (Lipinski definition) is 3. The largest absolute Gasteiger partial charge is 0.387 e. The van der Waals surface area contributed by atoms with Gasteiger partial charge in [-0.2, -0.15) is 0 Å². The minimum absolute atomic E-state index is 0.0128. The molecular weight excluding hydrogens is 259 g/mol. The van der Waals surface area contributed by atoms with Crippen LogP contribution in [0.1, 0.15) is 37.4 Å². The standard InChI is InChI=1S/C15H21FN2O2/c16-12-3-1-2-11(8-12)14(19)9-18-13-6-4-10(5-7-13)15(17)20/h1-3,8,10,13-14,18-19H,4-7,9H2,(H2,17,20). The summed E-state index contributed by atoms with van der Waals surface area (Å²) in [5.74, 6) is -0.576. The van der Waals surface area contributed by atoms with E-state index in [-0.39, 0.29) is 23.7 Å². The molecule has 1 aromatic carbocycles. The average Bonchev–Trinajstić information content (AvgIpc) is 2.45. The lowest BCUT2D eigenvalue weighted by atomic mass is 9.85. The summed E-state index contributed by atoms with van der Waals surface area (Å²) < 4.78 is 13.1. The van der Waals surface area contributed by atoms with Crippen molar-refractivity contribution in [3.8, 4) is 0 Å². The molecule has 1 aliphatic carbocycles. The Kier molecular flexibility index (Phi) is 5.09. The summed E-state index contributed by atoms with van der Waals surface area (Å²) in [4.78, 5) is 11.1. The van der Waals surface area contributed by atoms with Crippen LogP contribution in [0.4, 0.5) is 4.39 Å². The highest BCUT2D eigenvalue weighted by atomic mass is 19.1. The summed E-state index contributed by atoms with van der Waals surface area (Å²) in [5, 5.41) is 13.3. The van der Waals surface area contributed by atoms with Crippen LogP contribution in [0.15, 0.2) is 24.3 Å². The quantitative estimate of drug-likeness (QED) is 0.765. The van der Waals surface area contributed by atoms with Crippen molar-refractivity contribution in [2.24, 2.45) is 11.7 Å². The van der Waals surface area contributed by atoms with Crippen LogP contribution in [-0.2, 0) is 4.79 Å². The molecular formula is C15H21FN2O2. The third-order valence-electron chi connectivity index (χ3n) is 3.96. The average molecular weight is 280 g/mol. The molecule has 0 saturated heterocycles.